The third kappa shape index (κ3) is 3.55. The number of amides is 1. The summed E-state index contributed by atoms with van der Waals surface area (Å²) in [6, 6.07) is 0. The van der Waals surface area contributed by atoms with Crippen molar-refractivity contribution in [2.24, 2.45) is 0 Å². The van der Waals surface area contributed by atoms with Crippen LogP contribution in [0.5, 0.6) is 0 Å². The fourth-order valence-corrected chi connectivity index (χ4v) is 3.19. The first-order valence-electron chi connectivity index (χ1n) is 7.46. The molecule has 120 valence electrons. The van der Waals surface area contributed by atoms with Crippen LogP contribution in [0.3, 0.4) is 0 Å². The Morgan fingerprint density at radius 1 is 1.32 bits per heavy atom. The Hall–Kier alpha value is -1.69. The average molecular weight is 320 g/mol. The minimum atomic E-state index is -0.133. The van der Waals surface area contributed by atoms with Gasteiger partial charge in [-0.15, -0.1) is 11.3 Å². The fourth-order valence-electron chi connectivity index (χ4n) is 2.54. The van der Waals surface area contributed by atoms with Crippen molar-refractivity contribution in [3.8, 4) is 0 Å². The zero-order chi connectivity index (χ0) is 16.5. The van der Waals surface area contributed by atoms with Gasteiger partial charge in [0.25, 0.3) is 5.91 Å². The van der Waals surface area contributed by atoms with E-state index in [1.165, 1.54) is 0 Å². The van der Waals surface area contributed by atoms with Crippen LogP contribution in [0.2, 0.25) is 0 Å². The van der Waals surface area contributed by atoms with Gasteiger partial charge < -0.3 is 5.32 Å². The number of carbonyl (C=O) groups is 1. The number of aryl methyl sites for hydroxylation is 2. The maximum absolute atomic E-state index is 12.4. The van der Waals surface area contributed by atoms with E-state index in [2.05, 4.69) is 36.2 Å². The molecule has 2 heterocycles. The van der Waals surface area contributed by atoms with Crippen LogP contribution in [-0.2, 0) is 12.0 Å². The summed E-state index contributed by atoms with van der Waals surface area (Å²) in [6.45, 7) is 12.6. The maximum atomic E-state index is 12.4. The van der Waals surface area contributed by atoms with Crippen molar-refractivity contribution >= 4 is 17.2 Å². The molecule has 0 aliphatic carbocycles. The summed E-state index contributed by atoms with van der Waals surface area (Å²) in [6.07, 6.45) is 0.752. The molecule has 0 spiro atoms. The minimum Gasteiger partial charge on any atom is -0.352 e. The molecule has 0 bridgehead atoms. The molecule has 0 saturated heterocycles. The fraction of sp³-hybridized carbons (Fsp3) is 0.562. The number of hydrogen-bond donors (Lipinski definition) is 1. The number of carbonyl (C=O) groups excluding carboxylic acids is 1. The van der Waals surface area contributed by atoms with E-state index in [0.717, 1.165) is 28.5 Å². The molecule has 22 heavy (non-hydrogen) atoms. The molecule has 2 rings (SSSR count). The van der Waals surface area contributed by atoms with E-state index in [9.17, 15) is 4.79 Å². The molecule has 0 fully saturated rings. The van der Waals surface area contributed by atoms with Crippen molar-refractivity contribution in [3.63, 3.8) is 0 Å². The summed E-state index contributed by atoms with van der Waals surface area (Å²) in [4.78, 5) is 16.8. The summed E-state index contributed by atoms with van der Waals surface area (Å²) in [5, 5.41) is 10.6. The molecule has 0 radical (unpaired) electrons. The van der Waals surface area contributed by atoms with Gasteiger partial charge >= 0.3 is 0 Å². The SMILES string of the molecule is Cc1nc(CCNC(=O)c2c(C)nn(C(C)(C)C)c2C)cs1. The molecule has 5 nitrogen and oxygen atoms in total. The van der Waals surface area contributed by atoms with Crippen LogP contribution in [0.4, 0.5) is 0 Å². The summed E-state index contributed by atoms with van der Waals surface area (Å²) in [5.74, 6) is -0.0579. The molecule has 0 aromatic carbocycles. The van der Waals surface area contributed by atoms with Gasteiger partial charge in [0.15, 0.2) is 0 Å². The van der Waals surface area contributed by atoms with Gasteiger partial charge in [0.2, 0.25) is 0 Å². The number of aromatic nitrogens is 3. The topological polar surface area (TPSA) is 59.8 Å². The molecule has 0 unspecified atom stereocenters. The van der Waals surface area contributed by atoms with Crippen LogP contribution in [0.15, 0.2) is 5.38 Å². The zero-order valence-electron chi connectivity index (χ0n) is 14.1. The molecule has 0 aliphatic rings. The summed E-state index contributed by atoms with van der Waals surface area (Å²) < 4.78 is 1.92. The lowest BCUT2D eigenvalue weighted by Crippen LogP contribution is -2.28. The monoisotopic (exact) mass is 320 g/mol. The first-order chi connectivity index (χ1) is 10.2. The number of hydrogen-bond acceptors (Lipinski definition) is 4. The predicted octanol–water partition coefficient (Wildman–Crippen LogP) is 2.99. The van der Waals surface area contributed by atoms with Crippen LogP contribution in [-0.4, -0.2) is 27.2 Å². The highest BCUT2D eigenvalue weighted by Gasteiger charge is 2.24. The van der Waals surface area contributed by atoms with E-state index in [-0.39, 0.29) is 11.4 Å². The van der Waals surface area contributed by atoms with E-state index in [1.807, 2.05) is 30.8 Å². The van der Waals surface area contributed by atoms with E-state index >= 15 is 0 Å². The number of nitrogens with one attached hydrogen (secondary N) is 1. The Kier molecular flexibility index (Phi) is 4.70. The average Bonchev–Trinajstić information content (AvgIpc) is 2.93. The van der Waals surface area contributed by atoms with Gasteiger partial charge in [-0.05, 0) is 41.5 Å². The first kappa shape index (κ1) is 16.7. The molecule has 1 amide bonds. The van der Waals surface area contributed by atoms with Gasteiger partial charge in [0, 0.05) is 24.0 Å². The van der Waals surface area contributed by atoms with Crippen molar-refractivity contribution in [2.45, 2.75) is 53.5 Å². The van der Waals surface area contributed by atoms with Crippen molar-refractivity contribution in [1.29, 1.82) is 0 Å². The Morgan fingerprint density at radius 2 is 2.00 bits per heavy atom. The third-order valence-electron chi connectivity index (χ3n) is 3.49. The van der Waals surface area contributed by atoms with Crippen LogP contribution >= 0.6 is 11.3 Å². The van der Waals surface area contributed by atoms with E-state index < -0.39 is 0 Å². The zero-order valence-corrected chi connectivity index (χ0v) is 15.0. The molecule has 6 heteroatoms. The largest absolute Gasteiger partial charge is 0.352 e. The molecule has 0 aliphatic heterocycles. The third-order valence-corrected chi connectivity index (χ3v) is 4.31. The van der Waals surface area contributed by atoms with Crippen molar-refractivity contribution in [2.75, 3.05) is 6.54 Å². The maximum Gasteiger partial charge on any atom is 0.255 e. The number of thiazole rings is 1. The minimum absolute atomic E-state index is 0.0579. The predicted molar refractivity (Wildman–Crippen MR) is 89.6 cm³/mol. The smallest absolute Gasteiger partial charge is 0.255 e. The van der Waals surface area contributed by atoms with Gasteiger partial charge in [-0.2, -0.15) is 5.10 Å². The lowest BCUT2D eigenvalue weighted by atomic mass is 10.1. The molecular formula is C16H24N4OS. The Bertz CT molecular complexity index is 679. The Labute approximate surface area is 135 Å². The highest BCUT2D eigenvalue weighted by Crippen LogP contribution is 2.21. The van der Waals surface area contributed by atoms with Crippen LogP contribution in [0, 0.1) is 20.8 Å². The van der Waals surface area contributed by atoms with Crippen molar-refractivity contribution < 1.29 is 4.79 Å². The first-order valence-corrected chi connectivity index (χ1v) is 8.34. The molecule has 2 aromatic heterocycles. The highest BCUT2D eigenvalue weighted by molar-refractivity contribution is 7.09. The molecule has 2 aromatic rings. The molecule has 0 atom stereocenters. The molecule has 0 saturated carbocycles. The lowest BCUT2D eigenvalue weighted by Gasteiger charge is -2.21. The van der Waals surface area contributed by atoms with E-state index in [1.54, 1.807) is 11.3 Å². The normalized spacial score (nSPS) is 11.7. The standard InChI is InChI=1S/C16H24N4OS/c1-10-14(11(2)20(19-10)16(4,5)6)15(21)17-8-7-13-9-22-12(3)18-13/h9H,7-8H2,1-6H3,(H,17,21). The second-order valence-electron chi connectivity index (χ2n) is 6.49. The van der Waals surface area contributed by atoms with Gasteiger partial charge in [-0.3, -0.25) is 9.48 Å². The van der Waals surface area contributed by atoms with Crippen molar-refractivity contribution in [1.82, 2.24) is 20.1 Å². The van der Waals surface area contributed by atoms with Gasteiger partial charge in [0.1, 0.15) is 0 Å². The number of nitrogens with zero attached hydrogens (tertiary/aromatic N) is 3. The summed E-state index contributed by atoms with van der Waals surface area (Å²) >= 11 is 1.63. The summed E-state index contributed by atoms with van der Waals surface area (Å²) in [7, 11) is 0. The Balaban J connectivity index is 2.05. The van der Waals surface area contributed by atoms with E-state index in [0.29, 0.717) is 12.1 Å². The highest BCUT2D eigenvalue weighted by atomic mass is 32.1. The van der Waals surface area contributed by atoms with Crippen LogP contribution in [0.25, 0.3) is 0 Å². The number of rotatable bonds is 4. The van der Waals surface area contributed by atoms with Gasteiger partial charge in [0.05, 0.1) is 27.5 Å². The Morgan fingerprint density at radius 3 is 2.50 bits per heavy atom. The second kappa shape index (κ2) is 6.20. The quantitative estimate of drug-likeness (QED) is 0.942. The van der Waals surface area contributed by atoms with Gasteiger partial charge in [-0.25, -0.2) is 4.98 Å². The van der Waals surface area contributed by atoms with Crippen LogP contribution in [0.1, 0.15) is 53.2 Å². The summed E-state index contributed by atoms with van der Waals surface area (Å²) in [5.41, 5.74) is 3.26. The van der Waals surface area contributed by atoms with Gasteiger partial charge in [-0.1, -0.05) is 0 Å². The van der Waals surface area contributed by atoms with Crippen LogP contribution < -0.4 is 5.32 Å². The van der Waals surface area contributed by atoms with Crippen molar-refractivity contribution in [3.05, 3.63) is 33.0 Å². The lowest BCUT2D eigenvalue weighted by molar-refractivity contribution is 0.0952. The molecule has 1 N–H and O–H groups in total. The molecular weight excluding hydrogens is 296 g/mol. The van der Waals surface area contributed by atoms with E-state index in [4.69, 9.17) is 0 Å². The second-order valence-corrected chi connectivity index (χ2v) is 7.55.